The quantitative estimate of drug-likeness (QED) is 0.719. The third kappa shape index (κ3) is 1.30. The Bertz CT molecular complexity index is 369. The van der Waals surface area contributed by atoms with Gasteiger partial charge in [-0.3, -0.25) is 4.79 Å². The van der Waals surface area contributed by atoms with Crippen molar-refractivity contribution in [1.29, 1.82) is 0 Å². The zero-order valence-corrected chi connectivity index (χ0v) is 9.87. The van der Waals surface area contributed by atoms with Crippen LogP contribution in [0.1, 0.15) is 15.9 Å². The first-order valence-corrected chi connectivity index (χ1v) is 6.91. The third-order valence-electron chi connectivity index (χ3n) is 2.69. The summed E-state index contributed by atoms with van der Waals surface area (Å²) in [4.78, 5) is 12.1. The normalized spacial score (nSPS) is 18.3. The number of rotatable bonds is 2. The molecule has 0 heterocycles. The van der Waals surface area contributed by atoms with Gasteiger partial charge in [0.15, 0.2) is 5.78 Å². The molecule has 1 aliphatic rings. The summed E-state index contributed by atoms with van der Waals surface area (Å²) >= 11 is 3.32. The van der Waals surface area contributed by atoms with Crippen LogP contribution in [0.5, 0.6) is 0 Å². The van der Waals surface area contributed by atoms with Crippen LogP contribution in [-0.2, 0) is 6.42 Å². The Morgan fingerprint density at radius 3 is 2.43 bits per heavy atom. The molecule has 3 heteroatoms. The van der Waals surface area contributed by atoms with Crippen LogP contribution in [0.4, 0.5) is 0 Å². The molecule has 0 amide bonds. The van der Waals surface area contributed by atoms with Crippen LogP contribution in [0.3, 0.4) is 0 Å². The van der Waals surface area contributed by atoms with Crippen LogP contribution in [0.25, 0.3) is 0 Å². The molecule has 0 N–H and O–H groups in total. The van der Waals surface area contributed by atoms with Crippen LogP contribution in [0.15, 0.2) is 24.3 Å². The largest absolute Gasteiger partial charge is 0.292 e. The molecule has 1 aromatic rings. The van der Waals surface area contributed by atoms with Gasteiger partial charge >= 0.3 is 0 Å². The second kappa shape index (κ2) is 3.63. The Balaban J connectivity index is 2.47. The molecule has 0 bridgehead atoms. The molecule has 0 atom stereocenters. The highest BCUT2D eigenvalue weighted by Gasteiger charge is 2.44. The summed E-state index contributed by atoms with van der Waals surface area (Å²) < 4.78 is -0.260. The Labute approximate surface area is 92.7 Å². The monoisotopic (exact) mass is 224 g/mol. The molecule has 1 aromatic carbocycles. The average Bonchev–Trinajstić information content (AvgIpc) is 2.53. The van der Waals surface area contributed by atoms with Crippen molar-refractivity contribution in [2.75, 3.05) is 12.5 Å². The van der Waals surface area contributed by atoms with Crippen LogP contribution in [0, 0.1) is 0 Å². The molecular formula is C11H12OS2. The molecule has 0 saturated heterocycles. The zero-order valence-electron chi connectivity index (χ0n) is 8.24. The van der Waals surface area contributed by atoms with E-state index in [9.17, 15) is 4.79 Å². The minimum absolute atomic E-state index is 0.260. The summed E-state index contributed by atoms with van der Waals surface area (Å²) in [7, 11) is 0. The van der Waals surface area contributed by atoms with E-state index >= 15 is 0 Å². The van der Waals surface area contributed by atoms with Crippen molar-refractivity contribution in [3.8, 4) is 0 Å². The number of hydrogen-bond donors (Lipinski definition) is 0. The van der Waals surface area contributed by atoms with Gasteiger partial charge in [0.25, 0.3) is 0 Å². The lowest BCUT2D eigenvalue weighted by Crippen LogP contribution is -2.27. The first kappa shape index (κ1) is 10.1. The second-order valence-electron chi connectivity index (χ2n) is 3.32. The summed E-state index contributed by atoms with van der Waals surface area (Å²) in [5, 5.41) is 0. The maximum absolute atomic E-state index is 12.1. The van der Waals surface area contributed by atoms with Crippen LogP contribution >= 0.6 is 23.5 Å². The van der Waals surface area contributed by atoms with E-state index in [0.29, 0.717) is 0 Å². The van der Waals surface area contributed by atoms with Crippen LogP contribution in [0.2, 0.25) is 0 Å². The predicted molar refractivity (Wildman–Crippen MR) is 64.2 cm³/mol. The lowest BCUT2D eigenvalue weighted by atomic mass is 10.1. The van der Waals surface area contributed by atoms with Crippen molar-refractivity contribution < 1.29 is 4.79 Å². The maximum atomic E-state index is 12.1. The van der Waals surface area contributed by atoms with Gasteiger partial charge in [0, 0.05) is 12.0 Å². The molecule has 0 radical (unpaired) electrons. The van der Waals surface area contributed by atoms with Crippen LogP contribution < -0.4 is 0 Å². The van der Waals surface area contributed by atoms with Gasteiger partial charge in [0.2, 0.25) is 0 Å². The number of benzene rings is 1. The van der Waals surface area contributed by atoms with Gasteiger partial charge in [-0.25, -0.2) is 0 Å². The summed E-state index contributed by atoms with van der Waals surface area (Å²) in [6.07, 6.45) is 4.89. The van der Waals surface area contributed by atoms with Crippen molar-refractivity contribution in [3.63, 3.8) is 0 Å². The minimum atomic E-state index is -0.260. The average molecular weight is 224 g/mol. The number of thioether (sulfide) groups is 2. The molecule has 1 nitrogen and oxygen atoms in total. The third-order valence-corrected chi connectivity index (χ3v) is 5.67. The van der Waals surface area contributed by atoms with Crippen molar-refractivity contribution in [3.05, 3.63) is 35.4 Å². The summed E-state index contributed by atoms with van der Waals surface area (Å²) in [5.74, 6) is 0.285. The highest BCUT2D eigenvalue weighted by molar-refractivity contribution is 8.18. The predicted octanol–water partition coefficient (Wildman–Crippen LogP) is 2.85. The molecule has 1 aliphatic carbocycles. The van der Waals surface area contributed by atoms with Gasteiger partial charge in [0.1, 0.15) is 4.08 Å². The number of carbonyl (C=O) groups is 1. The first-order chi connectivity index (χ1) is 6.73. The zero-order chi connectivity index (χ0) is 10.2. The lowest BCUT2D eigenvalue weighted by molar-refractivity contribution is 0.0990. The van der Waals surface area contributed by atoms with Gasteiger partial charge in [-0.15, -0.1) is 23.5 Å². The molecule has 2 rings (SSSR count). The molecule has 74 valence electrons. The van der Waals surface area contributed by atoms with E-state index in [1.807, 2.05) is 30.7 Å². The van der Waals surface area contributed by atoms with E-state index in [-0.39, 0.29) is 9.86 Å². The highest BCUT2D eigenvalue weighted by atomic mass is 32.2. The molecule has 0 fully saturated rings. The van der Waals surface area contributed by atoms with Gasteiger partial charge in [-0.1, -0.05) is 24.3 Å². The standard InChI is InChI=1S/C11H12OS2/c1-13-11(14-2)7-8-5-3-4-6-9(8)10(11)12/h3-6H,7H2,1-2H3. The van der Waals surface area contributed by atoms with Crippen molar-refractivity contribution in [2.45, 2.75) is 10.5 Å². The summed E-state index contributed by atoms with van der Waals surface area (Å²) in [6.45, 7) is 0. The van der Waals surface area contributed by atoms with Gasteiger partial charge < -0.3 is 0 Å². The lowest BCUT2D eigenvalue weighted by Gasteiger charge is -2.21. The van der Waals surface area contributed by atoms with Gasteiger partial charge in [0.05, 0.1) is 0 Å². The van der Waals surface area contributed by atoms with E-state index in [1.54, 1.807) is 23.5 Å². The van der Waals surface area contributed by atoms with Crippen LogP contribution in [-0.4, -0.2) is 22.4 Å². The molecule has 0 spiro atoms. The minimum Gasteiger partial charge on any atom is -0.292 e. The molecule has 14 heavy (non-hydrogen) atoms. The summed E-state index contributed by atoms with van der Waals surface area (Å²) in [5.41, 5.74) is 2.11. The molecule has 0 unspecified atom stereocenters. The molecule has 0 saturated carbocycles. The van der Waals surface area contributed by atoms with Crippen molar-refractivity contribution >= 4 is 29.3 Å². The summed E-state index contributed by atoms with van der Waals surface area (Å²) in [6, 6.07) is 7.93. The topological polar surface area (TPSA) is 17.1 Å². The molecule has 0 aliphatic heterocycles. The fourth-order valence-corrected chi connectivity index (χ4v) is 3.70. The van der Waals surface area contributed by atoms with E-state index < -0.39 is 0 Å². The van der Waals surface area contributed by atoms with Crippen molar-refractivity contribution in [1.82, 2.24) is 0 Å². The highest BCUT2D eigenvalue weighted by Crippen LogP contribution is 2.45. The SMILES string of the molecule is CSC1(SC)Cc2ccccc2C1=O. The fraction of sp³-hybridized carbons (Fsp3) is 0.364. The molecule has 0 aromatic heterocycles. The Kier molecular flexibility index (Phi) is 2.62. The molecular weight excluding hydrogens is 212 g/mol. The van der Waals surface area contributed by atoms with Gasteiger partial charge in [-0.05, 0) is 18.1 Å². The van der Waals surface area contributed by atoms with Crippen molar-refractivity contribution in [2.24, 2.45) is 0 Å². The van der Waals surface area contributed by atoms with E-state index in [1.165, 1.54) is 5.56 Å². The number of carbonyl (C=O) groups excluding carboxylic acids is 1. The van der Waals surface area contributed by atoms with E-state index in [2.05, 4.69) is 6.07 Å². The number of ketones is 1. The number of Topliss-reactive ketones (excluding diaryl/α,β-unsaturated/α-hetero) is 1. The smallest absolute Gasteiger partial charge is 0.189 e. The Morgan fingerprint density at radius 2 is 1.86 bits per heavy atom. The maximum Gasteiger partial charge on any atom is 0.189 e. The Hall–Kier alpha value is -0.410. The van der Waals surface area contributed by atoms with E-state index in [4.69, 9.17) is 0 Å². The van der Waals surface area contributed by atoms with E-state index in [0.717, 1.165) is 12.0 Å². The first-order valence-electron chi connectivity index (χ1n) is 4.46. The second-order valence-corrected chi connectivity index (χ2v) is 5.79. The van der Waals surface area contributed by atoms with Gasteiger partial charge in [-0.2, -0.15) is 0 Å². The fourth-order valence-electron chi connectivity index (χ4n) is 1.85. The number of hydrogen-bond acceptors (Lipinski definition) is 3. The Morgan fingerprint density at radius 1 is 1.21 bits per heavy atom. The number of fused-ring (bicyclic) bond motifs is 1.